The van der Waals surface area contributed by atoms with E-state index in [2.05, 4.69) is 11.9 Å². The SMILES string of the molecule is CSC[C@H](C)N(C)C(=O)Cc1nc(-c2ccccc2)oc1C. The molecule has 0 radical (unpaired) electrons. The number of hydrogen-bond donors (Lipinski definition) is 0. The molecule has 1 aromatic carbocycles. The van der Waals surface area contributed by atoms with Gasteiger partial charge in [-0.25, -0.2) is 4.98 Å². The highest BCUT2D eigenvalue weighted by molar-refractivity contribution is 7.98. The largest absolute Gasteiger partial charge is 0.441 e. The van der Waals surface area contributed by atoms with Gasteiger partial charge in [-0.05, 0) is 32.2 Å². The topological polar surface area (TPSA) is 46.3 Å². The summed E-state index contributed by atoms with van der Waals surface area (Å²) in [5, 5.41) is 0. The van der Waals surface area contributed by atoms with Crippen LogP contribution in [0, 0.1) is 6.92 Å². The van der Waals surface area contributed by atoms with Crippen LogP contribution in [0.3, 0.4) is 0 Å². The number of nitrogens with zero attached hydrogens (tertiary/aromatic N) is 2. The number of thioether (sulfide) groups is 1. The third kappa shape index (κ3) is 3.91. The van der Waals surface area contributed by atoms with E-state index in [0.717, 1.165) is 11.3 Å². The van der Waals surface area contributed by atoms with Crippen molar-refractivity contribution in [3.8, 4) is 11.5 Å². The van der Waals surface area contributed by atoms with Gasteiger partial charge in [-0.3, -0.25) is 4.79 Å². The van der Waals surface area contributed by atoms with Crippen molar-refractivity contribution in [1.29, 1.82) is 0 Å². The molecule has 2 rings (SSSR count). The Morgan fingerprint density at radius 3 is 2.68 bits per heavy atom. The van der Waals surface area contributed by atoms with Crippen LogP contribution in [0.15, 0.2) is 34.7 Å². The first-order chi connectivity index (χ1) is 10.5. The lowest BCUT2D eigenvalue weighted by molar-refractivity contribution is -0.130. The van der Waals surface area contributed by atoms with Gasteiger partial charge in [0.1, 0.15) is 5.76 Å². The monoisotopic (exact) mass is 318 g/mol. The maximum absolute atomic E-state index is 12.4. The van der Waals surface area contributed by atoms with Crippen molar-refractivity contribution in [1.82, 2.24) is 9.88 Å². The van der Waals surface area contributed by atoms with Crippen LogP contribution in [-0.4, -0.2) is 40.9 Å². The van der Waals surface area contributed by atoms with E-state index in [4.69, 9.17) is 4.42 Å². The van der Waals surface area contributed by atoms with E-state index in [9.17, 15) is 4.79 Å². The van der Waals surface area contributed by atoms with Crippen molar-refractivity contribution in [3.05, 3.63) is 41.8 Å². The lowest BCUT2D eigenvalue weighted by Gasteiger charge is -2.24. The number of hydrogen-bond acceptors (Lipinski definition) is 4. The van der Waals surface area contributed by atoms with Gasteiger partial charge in [-0.15, -0.1) is 0 Å². The summed E-state index contributed by atoms with van der Waals surface area (Å²) in [4.78, 5) is 18.6. The first-order valence-corrected chi connectivity index (χ1v) is 8.68. The van der Waals surface area contributed by atoms with Gasteiger partial charge in [0.15, 0.2) is 0 Å². The number of benzene rings is 1. The molecule has 0 fully saturated rings. The van der Waals surface area contributed by atoms with E-state index in [1.165, 1.54) is 0 Å². The smallest absolute Gasteiger partial charge is 0.228 e. The Labute approximate surface area is 135 Å². The molecular formula is C17H22N2O2S. The van der Waals surface area contributed by atoms with Gasteiger partial charge in [0.05, 0.1) is 12.1 Å². The molecule has 0 aliphatic rings. The average Bonchev–Trinajstić information content (AvgIpc) is 2.88. The van der Waals surface area contributed by atoms with Gasteiger partial charge in [0.25, 0.3) is 0 Å². The van der Waals surface area contributed by atoms with Crippen molar-refractivity contribution in [2.45, 2.75) is 26.3 Å². The van der Waals surface area contributed by atoms with Gasteiger partial charge in [-0.1, -0.05) is 18.2 Å². The lowest BCUT2D eigenvalue weighted by Crippen LogP contribution is -2.37. The molecule has 0 N–H and O–H groups in total. The Bertz CT molecular complexity index is 625. The molecule has 1 aromatic heterocycles. The van der Waals surface area contributed by atoms with E-state index in [1.807, 2.05) is 50.6 Å². The summed E-state index contributed by atoms with van der Waals surface area (Å²) in [6.07, 6.45) is 2.32. The molecule has 118 valence electrons. The summed E-state index contributed by atoms with van der Waals surface area (Å²) < 4.78 is 5.70. The molecule has 0 saturated heterocycles. The van der Waals surface area contributed by atoms with E-state index in [1.54, 1.807) is 16.7 Å². The molecule has 1 amide bonds. The number of carbonyl (C=O) groups is 1. The molecule has 2 aromatic rings. The molecular weight excluding hydrogens is 296 g/mol. The van der Waals surface area contributed by atoms with E-state index >= 15 is 0 Å². The Balaban J connectivity index is 2.11. The van der Waals surface area contributed by atoms with E-state index in [0.29, 0.717) is 17.3 Å². The summed E-state index contributed by atoms with van der Waals surface area (Å²) in [5.41, 5.74) is 1.64. The van der Waals surface area contributed by atoms with Crippen LogP contribution in [0.5, 0.6) is 0 Å². The number of oxazole rings is 1. The Morgan fingerprint density at radius 1 is 1.36 bits per heavy atom. The second-order valence-electron chi connectivity index (χ2n) is 5.37. The van der Waals surface area contributed by atoms with Crippen molar-refractivity contribution in [2.24, 2.45) is 0 Å². The fraction of sp³-hybridized carbons (Fsp3) is 0.412. The number of aryl methyl sites for hydroxylation is 1. The van der Waals surface area contributed by atoms with Crippen molar-refractivity contribution in [3.63, 3.8) is 0 Å². The number of amides is 1. The first kappa shape index (κ1) is 16.6. The standard InChI is InChI=1S/C17H22N2O2S/c1-12(11-22-4)19(3)16(20)10-15-13(2)21-17(18-15)14-8-6-5-7-9-14/h5-9,12H,10-11H2,1-4H3/t12-/m0/s1. The maximum Gasteiger partial charge on any atom is 0.228 e. The van der Waals surface area contributed by atoms with Crippen LogP contribution in [0.4, 0.5) is 0 Å². The molecule has 0 saturated carbocycles. The van der Waals surface area contributed by atoms with Crippen LogP contribution in [0.25, 0.3) is 11.5 Å². The summed E-state index contributed by atoms with van der Waals surface area (Å²) in [5.74, 6) is 2.27. The Morgan fingerprint density at radius 2 is 2.05 bits per heavy atom. The van der Waals surface area contributed by atoms with Crippen molar-refractivity contribution < 1.29 is 9.21 Å². The highest BCUT2D eigenvalue weighted by Gasteiger charge is 2.19. The zero-order valence-corrected chi connectivity index (χ0v) is 14.3. The van der Waals surface area contributed by atoms with Crippen molar-refractivity contribution >= 4 is 17.7 Å². The van der Waals surface area contributed by atoms with Gasteiger partial charge in [-0.2, -0.15) is 11.8 Å². The number of likely N-dealkylation sites (N-methyl/N-ethyl adjacent to an activating group) is 1. The van der Waals surface area contributed by atoms with E-state index in [-0.39, 0.29) is 18.4 Å². The molecule has 0 aliphatic heterocycles. The zero-order chi connectivity index (χ0) is 16.1. The molecule has 1 atom stereocenters. The molecule has 5 heteroatoms. The number of carbonyl (C=O) groups excluding carboxylic acids is 1. The Hall–Kier alpha value is -1.75. The van der Waals surface area contributed by atoms with Crippen LogP contribution in [0.2, 0.25) is 0 Å². The first-order valence-electron chi connectivity index (χ1n) is 7.29. The minimum absolute atomic E-state index is 0.0672. The van der Waals surface area contributed by atoms with Gasteiger partial charge < -0.3 is 9.32 Å². The predicted molar refractivity (Wildman–Crippen MR) is 91.0 cm³/mol. The molecule has 0 spiro atoms. The molecule has 0 aliphatic carbocycles. The summed E-state index contributed by atoms with van der Waals surface area (Å²) >= 11 is 1.74. The second kappa shape index (κ2) is 7.49. The van der Waals surface area contributed by atoms with Crippen LogP contribution in [0.1, 0.15) is 18.4 Å². The minimum atomic E-state index is 0.0672. The van der Waals surface area contributed by atoms with Crippen molar-refractivity contribution in [2.75, 3.05) is 19.1 Å². The molecule has 4 nitrogen and oxygen atoms in total. The quantitative estimate of drug-likeness (QED) is 0.819. The average molecular weight is 318 g/mol. The fourth-order valence-corrected chi connectivity index (χ4v) is 2.87. The highest BCUT2D eigenvalue weighted by Crippen LogP contribution is 2.22. The van der Waals surface area contributed by atoms with Gasteiger partial charge in [0.2, 0.25) is 11.8 Å². The lowest BCUT2D eigenvalue weighted by atomic mass is 10.2. The molecule has 22 heavy (non-hydrogen) atoms. The normalized spacial score (nSPS) is 12.2. The van der Waals surface area contributed by atoms with Gasteiger partial charge >= 0.3 is 0 Å². The van der Waals surface area contributed by atoms with Crippen LogP contribution < -0.4 is 0 Å². The minimum Gasteiger partial charge on any atom is -0.441 e. The highest BCUT2D eigenvalue weighted by atomic mass is 32.2. The molecule has 0 bridgehead atoms. The van der Waals surface area contributed by atoms with Crippen LogP contribution >= 0.6 is 11.8 Å². The zero-order valence-electron chi connectivity index (χ0n) is 13.5. The van der Waals surface area contributed by atoms with Crippen LogP contribution in [-0.2, 0) is 11.2 Å². The van der Waals surface area contributed by atoms with E-state index < -0.39 is 0 Å². The van der Waals surface area contributed by atoms with Gasteiger partial charge in [0, 0.05) is 24.4 Å². The third-order valence-corrected chi connectivity index (χ3v) is 4.51. The second-order valence-corrected chi connectivity index (χ2v) is 6.28. The maximum atomic E-state index is 12.4. The summed E-state index contributed by atoms with van der Waals surface area (Å²) in [7, 11) is 1.84. The molecule has 1 heterocycles. The third-order valence-electron chi connectivity index (χ3n) is 3.69. The molecule has 0 unspecified atom stereocenters. The number of rotatable bonds is 6. The summed E-state index contributed by atoms with van der Waals surface area (Å²) in [6, 6.07) is 9.94. The number of aromatic nitrogens is 1. The fourth-order valence-electron chi connectivity index (χ4n) is 2.16. The predicted octanol–water partition coefficient (Wildman–Crippen LogP) is 3.40. The summed E-state index contributed by atoms with van der Waals surface area (Å²) in [6.45, 7) is 3.91. The Kier molecular flexibility index (Phi) is 5.66.